The fraction of sp³-hybridized carbons (Fsp3) is 0.125. The molecule has 0 saturated carbocycles. The zero-order valence-corrected chi connectivity index (χ0v) is 13.3. The summed E-state index contributed by atoms with van der Waals surface area (Å²) in [5.41, 5.74) is 5.56. The number of hydrogen-bond donors (Lipinski definition) is 1. The molecule has 0 aliphatic carbocycles. The van der Waals surface area contributed by atoms with E-state index in [1.807, 2.05) is 6.07 Å². The molecule has 21 heavy (non-hydrogen) atoms. The quantitative estimate of drug-likeness (QED) is 0.673. The molecule has 0 spiro atoms. The zero-order chi connectivity index (χ0) is 14.8. The third-order valence-electron chi connectivity index (χ3n) is 3.29. The van der Waals surface area contributed by atoms with E-state index in [-0.39, 0.29) is 0 Å². The van der Waals surface area contributed by atoms with E-state index in [4.69, 9.17) is 11.6 Å². The van der Waals surface area contributed by atoms with E-state index >= 15 is 0 Å². The maximum Gasteiger partial charge on any atom is 0.187 e. The van der Waals surface area contributed by atoms with Gasteiger partial charge in [-0.15, -0.1) is 11.3 Å². The van der Waals surface area contributed by atoms with Gasteiger partial charge in [0.25, 0.3) is 0 Å². The molecule has 0 aliphatic rings. The predicted molar refractivity (Wildman–Crippen MR) is 89.6 cm³/mol. The molecule has 3 nitrogen and oxygen atoms in total. The maximum absolute atomic E-state index is 5.77. The number of aryl methyl sites for hydroxylation is 2. The van der Waals surface area contributed by atoms with Crippen molar-refractivity contribution in [2.24, 2.45) is 0 Å². The predicted octanol–water partition coefficient (Wildman–Crippen LogP) is 5.22. The Kier molecular flexibility index (Phi) is 3.90. The second-order valence-corrected chi connectivity index (χ2v) is 6.08. The highest BCUT2D eigenvalue weighted by Crippen LogP contribution is 2.28. The average Bonchev–Trinajstić information content (AvgIpc) is 2.93. The Balaban J connectivity index is 1.82. The molecule has 3 rings (SSSR count). The molecule has 5 heteroatoms. The van der Waals surface area contributed by atoms with E-state index in [2.05, 4.69) is 52.7 Å². The lowest BCUT2D eigenvalue weighted by molar-refractivity contribution is 1.30. The van der Waals surface area contributed by atoms with Crippen molar-refractivity contribution in [3.8, 4) is 11.3 Å². The van der Waals surface area contributed by atoms with Crippen LogP contribution in [-0.2, 0) is 0 Å². The minimum Gasteiger partial charge on any atom is -0.330 e. The fourth-order valence-electron chi connectivity index (χ4n) is 1.94. The number of rotatable bonds is 3. The summed E-state index contributed by atoms with van der Waals surface area (Å²) in [7, 11) is 0. The lowest BCUT2D eigenvalue weighted by Gasteiger charge is -2.03. The fourth-order valence-corrected chi connectivity index (χ4v) is 2.79. The monoisotopic (exact) mass is 315 g/mol. The molecular formula is C16H14ClN3S. The summed E-state index contributed by atoms with van der Waals surface area (Å²) in [6.07, 6.45) is 1.69. The molecule has 3 aromatic rings. The lowest BCUT2D eigenvalue weighted by atomic mass is 10.1. The second kappa shape index (κ2) is 5.84. The Hall–Kier alpha value is -1.91. The average molecular weight is 316 g/mol. The Morgan fingerprint density at radius 1 is 1.10 bits per heavy atom. The molecule has 0 amide bonds. The highest BCUT2D eigenvalue weighted by atomic mass is 35.5. The van der Waals surface area contributed by atoms with Crippen molar-refractivity contribution in [3.63, 3.8) is 0 Å². The molecule has 1 aromatic carbocycles. The molecular weight excluding hydrogens is 302 g/mol. The molecule has 0 unspecified atom stereocenters. The van der Waals surface area contributed by atoms with E-state index in [1.165, 1.54) is 11.1 Å². The molecule has 106 valence electrons. The SMILES string of the molecule is Cc1ccc(-c2csc(Nc3ccc(Cl)nc3)n2)cc1C. The molecule has 2 aromatic heterocycles. The van der Waals surface area contributed by atoms with E-state index < -0.39 is 0 Å². The van der Waals surface area contributed by atoms with Gasteiger partial charge in [-0.05, 0) is 43.2 Å². The van der Waals surface area contributed by atoms with Crippen LogP contribution in [0.3, 0.4) is 0 Å². The number of pyridine rings is 1. The summed E-state index contributed by atoms with van der Waals surface area (Å²) in [5.74, 6) is 0. The van der Waals surface area contributed by atoms with Crippen molar-refractivity contribution in [2.75, 3.05) is 5.32 Å². The Labute approximate surface area is 132 Å². The second-order valence-electron chi connectivity index (χ2n) is 4.83. The molecule has 0 saturated heterocycles. The van der Waals surface area contributed by atoms with Gasteiger partial charge in [-0.25, -0.2) is 9.97 Å². The van der Waals surface area contributed by atoms with Gasteiger partial charge < -0.3 is 5.32 Å². The van der Waals surface area contributed by atoms with Crippen LogP contribution in [0.2, 0.25) is 5.15 Å². The number of nitrogens with one attached hydrogen (secondary N) is 1. The third-order valence-corrected chi connectivity index (χ3v) is 4.27. The highest BCUT2D eigenvalue weighted by molar-refractivity contribution is 7.14. The molecule has 0 fully saturated rings. The number of halogens is 1. The van der Waals surface area contributed by atoms with Crippen LogP contribution >= 0.6 is 22.9 Å². The molecule has 0 radical (unpaired) electrons. The summed E-state index contributed by atoms with van der Waals surface area (Å²) in [5, 5.41) is 6.61. The number of aromatic nitrogens is 2. The highest BCUT2D eigenvalue weighted by Gasteiger charge is 2.06. The molecule has 0 aliphatic heterocycles. The van der Waals surface area contributed by atoms with Crippen LogP contribution < -0.4 is 5.32 Å². The van der Waals surface area contributed by atoms with Crippen molar-refractivity contribution >= 4 is 33.8 Å². The van der Waals surface area contributed by atoms with Crippen molar-refractivity contribution in [1.82, 2.24) is 9.97 Å². The first-order valence-electron chi connectivity index (χ1n) is 6.53. The first kappa shape index (κ1) is 14.0. The van der Waals surface area contributed by atoms with Gasteiger partial charge in [0.1, 0.15) is 5.15 Å². The summed E-state index contributed by atoms with van der Waals surface area (Å²) < 4.78 is 0. The van der Waals surface area contributed by atoms with Crippen LogP contribution in [0.15, 0.2) is 41.9 Å². The summed E-state index contributed by atoms with van der Waals surface area (Å²) >= 11 is 7.34. The van der Waals surface area contributed by atoms with Crippen LogP contribution in [0, 0.1) is 13.8 Å². The van der Waals surface area contributed by atoms with Crippen molar-refractivity contribution in [3.05, 3.63) is 58.2 Å². The number of hydrogen-bond acceptors (Lipinski definition) is 4. The van der Waals surface area contributed by atoms with E-state index in [0.717, 1.165) is 22.1 Å². The van der Waals surface area contributed by atoms with E-state index in [0.29, 0.717) is 5.15 Å². The lowest BCUT2D eigenvalue weighted by Crippen LogP contribution is -1.90. The Morgan fingerprint density at radius 2 is 1.95 bits per heavy atom. The molecule has 1 N–H and O–H groups in total. The summed E-state index contributed by atoms with van der Waals surface area (Å²) in [6, 6.07) is 10.0. The van der Waals surface area contributed by atoms with Gasteiger partial charge in [0.05, 0.1) is 17.6 Å². The van der Waals surface area contributed by atoms with Crippen molar-refractivity contribution in [2.45, 2.75) is 13.8 Å². The van der Waals surface area contributed by atoms with Gasteiger partial charge in [0.2, 0.25) is 0 Å². The summed E-state index contributed by atoms with van der Waals surface area (Å²) in [6.45, 7) is 4.23. The molecule has 0 atom stereocenters. The number of benzene rings is 1. The minimum atomic E-state index is 0.482. The number of anilines is 2. The van der Waals surface area contributed by atoms with Gasteiger partial charge in [0, 0.05) is 10.9 Å². The largest absolute Gasteiger partial charge is 0.330 e. The number of nitrogens with zero attached hydrogens (tertiary/aromatic N) is 2. The Morgan fingerprint density at radius 3 is 2.67 bits per heavy atom. The van der Waals surface area contributed by atoms with Crippen LogP contribution in [0.5, 0.6) is 0 Å². The number of thiazole rings is 1. The van der Waals surface area contributed by atoms with Crippen LogP contribution in [-0.4, -0.2) is 9.97 Å². The van der Waals surface area contributed by atoms with Gasteiger partial charge in [0.15, 0.2) is 5.13 Å². The molecule has 0 bridgehead atoms. The van der Waals surface area contributed by atoms with E-state index in [1.54, 1.807) is 23.6 Å². The molecule has 2 heterocycles. The smallest absolute Gasteiger partial charge is 0.187 e. The van der Waals surface area contributed by atoms with Gasteiger partial charge >= 0.3 is 0 Å². The van der Waals surface area contributed by atoms with Crippen molar-refractivity contribution < 1.29 is 0 Å². The topological polar surface area (TPSA) is 37.8 Å². The van der Waals surface area contributed by atoms with E-state index in [9.17, 15) is 0 Å². The summed E-state index contributed by atoms with van der Waals surface area (Å²) in [4.78, 5) is 8.66. The van der Waals surface area contributed by atoms with Gasteiger partial charge in [-0.1, -0.05) is 23.7 Å². The minimum absolute atomic E-state index is 0.482. The maximum atomic E-state index is 5.77. The van der Waals surface area contributed by atoms with Gasteiger partial charge in [-0.2, -0.15) is 0 Å². The van der Waals surface area contributed by atoms with Crippen LogP contribution in [0.25, 0.3) is 11.3 Å². The standard InChI is InChI=1S/C16H14ClN3S/c1-10-3-4-12(7-11(10)2)14-9-21-16(20-14)19-13-5-6-15(17)18-8-13/h3-9H,1-2H3,(H,19,20). The zero-order valence-electron chi connectivity index (χ0n) is 11.7. The third kappa shape index (κ3) is 3.23. The van der Waals surface area contributed by atoms with Crippen LogP contribution in [0.4, 0.5) is 10.8 Å². The Bertz CT molecular complexity index is 765. The van der Waals surface area contributed by atoms with Gasteiger partial charge in [-0.3, -0.25) is 0 Å². The first-order chi connectivity index (χ1) is 10.1. The first-order valence-corrected chi connectivity index (χ1v) is 7.79. The van der Waals surface area contributed by atoms with Crippen molar-refractivity contribution in [1.29, 1.82) is 0 Å². The normalized spacial score (nSPS) is 10.6. The van der Waals surface area contributed by atoms with Crippen LogP contribution in [0.1, 0.15) is 11.1 Å².